The predicted molar refractivity (Wildman–Crippen MR) is 85.6 cm³/mol. The molecule has 130 valence electrons. The number of carbonyl (C=O) groups is 3. The fourth-order valence-corrected chi connectivity index (χ4v) is 2.47. The summed E-state index contributed by atoms with van der Waals surface area (Å²) in [5.41, 5.74) is 0.104. The number of nitrogens with zero attached hydrogens (tertiary/aromatic N) is 1. The van der Waals surface area contributed by atoms with Gasteiger partial charge in [-0.3, -0.25) is 9.69 Å². The summed E-state index contributed by atoms with van der Waals surface area (Å²) in [6.45, 7) is 2.79. The number of urea groups is 1. The topological polar surface area (TPSA) is 98.7 Å². The van der Waals surface area contributed by atoms with Crippen LogP contribution in [0.1, 0.15) is 36.5 Å². The Morgan fingerprint density at radius 1 is 1.46 bits per heavy atom. The van der Waals surface area contributed by atoms with Gasteiger partial charge < -0.3 is 15.7 Å². The summed E-state index contributed by atoms with van der Waals surface area (Å²) in [5, 5.41) is 14.1. The van der Waals surface area contributed by atoms with Crippen LogP contribution in [0, 0.1) is 5.82 Å². The van der Waals surface area contributed by atoms with Gasteiger partial charge in [-0.05, 0) is 24.6 Å². The van der Waals surface area contributed by atoms with Gasteiger partial charge in [0, 0.05) is 18.8 Å². The Balaban J connectivity index is 2.18. The van der Waals surface area contributed by atoms with Crippen molar-refractivity contribution in [3.63, 3.8) is 0 Å². The van der Waals surface area contributed by atoms with Gasteiger partial charge in [-0.15, -0.1) is 0 Å². The third-order valence-electron chi connectivity index (χ3n) is 3.81. The summed E-state index contributed by atoms with van der Waals surface area (Å²) < 4.78 is 14.0. The first kappa shape index (κ1) is 17.7. The highest BCUT2D eigenvalue weighted by atomic mass is 19.1. The standard InChI is InChI=1S/C16H20FN3O4/c1-2-3-4-13(15(22)23)19-14(21)11-9-10(5-6-12(11)17)20-8-7-18-16(20)24/h5-6,9,13H,2-4,7-8H2,1H3,(H,18,24)(H,19,21)(H,22,23). The van der Waals surface area contributed by atoms with Gasteiger partial charge in [-0.2, -0.15) is 0 Å². The van der Waals surface area contributed by atoms with Crippen LogP contribution in [0.3, 0.4) is 0 Å². The number of nitrogens with one attached hydrogen (secondary N) is 2. The number of carbonyl (C=O) groups excluding carboxylic acids is 2. The Bertz CT molecular complexity index is 650. The lowest BCUT2D eigenvalue weighted by molar-refractivity contribution is -0.139. The zero-order chi connectivity index (χ0) is 17.7. The molecule has 3 amide bonds. The molecule has 1 heterocycles. The van der Waals surface area contributed by atoms with Crippen LogP contribution in [-0.2, 0) is 4.79 Å². The number of rotatable bonds is 7. The molecular formula is C16H20FN3O4. The summed E-state index contributed by atoms with van der Waals surface area (Å²) in [6, 6.07) is 2.37. The van der Waals surface area contributed by atoms with E-state index in [1.54, 1.807) is 0 Å². The van der Waals surface area contributed by atoms with E-state index in [-0.39, 0.29) is 18.0 Å². The third kappa shape index (κ3) is 4.01. The summed E-state index contributed by atoms with van der Waals surface area (Å²) in [7, 11) is 0. The van der Waals surface area contributed by atoms with E-state index in [4.69, 9.17) is 5.11 Å². The minimum Gasteiger partial charge on any atom is -0.480 e. The van der Waals surface area contributed by atoms with Crippen LogP contribution in [0.4, 0.5) is 14.9 Å². The largest absolute Gasteiger partial charge is 0.480 e. The second-order valence-electron chi connectivity index (χ2n) is 5.55. The van der Waals surface area contributed by atoms with Gasteiger partial charge in [0.25, 0.3) is 5.91 Å². The predicted octanol–water partition coefficient (Wildman–Crippen LogP) is 1.73. The van der Waals surface area contributed by atoms with E-state index in [1.165, 1.54) is 17.0 Å². The van der Waals surface area contributed by atoms with Crippen LogP contribution in [-0.4, -0.2) is 42.1 Å². The molecular weight excluding hydrogens is 317 g/mol. The molecule has 0 bridgehead atoms. The third-order valence-corrected chi connectivity index (χ3v) is 3.81. The monoisotopic (exact) mass is 337 g/mol. The molecule has 0 aliphatic carbocycles. The molecule has 3 N–H and O–H groups in total. The Labute approximate surface area is 138 Å². The number of anilines is 1. The number of aliphatic carboxylic acids is 1. The van der Waals surface area contributed by atoms with Crippen molar-refractivity contribution in [3.8, 4) is 0 Å². The highest BCUT2D eigenvalue weighted by Crippen LogP contribution is 2.21. The second-order valence-corrected chi connectivity index (χ2v) is 5.55. The van der Waals surface area contributed by atoms with Gasteiger partial charge in [-0.25, -0.2) is 14.0 Å². The normalized spacial score (nSPS) is 15.1. The first-order valence-corrected chi connectivity index (χ1v) is 7.82. The van der Waals surface area contributed by atoms with E-state index in [0.29, 0.717) is 25.2 Å². The van der Waals surface area contributed by atoms with Crippen molar-refractivity contribution in [2.75, 3.05) is 18.0 Å². The maximum absolute atomic E-state index is 14.0. The SMILES string of the molecule is CCCCC(NC(=O)c1cc(N2CCNC2=O)ccc1F)C(=O)O. The number of carboxylic acids is 1. The quantitative estimate of drug-likeness (QED) is 0.705. The van der Waals surface area contributed by atoms with Crippen molar-refractivity contribution >= 4 is 23.6 Å². The minimum absolute atomic E-state index is 0.271. The van der Waals surface area contributed by atoms with Gasteiger partial charge in [0.2, 0.25) is 0 Å². The fraction of sp³-hybridized carbons (Fsp3) is 0.438. The van der Waals surface area contributed by atoms with Gasteiger partial charge in [0.15, 0.2) is 0 Å². The van der Waals surface area contributed by atoms with Gasteiger partial charge in [0.05, 0.1) is 5.56 Å². The fourth-order valence-electron chi connectivity index (χ4n) is 2.47. The minimum atomic E-state index is -1.16. The highest BCUT2D eigenvalue weighted by molar-refractivity contribution is 5.99. The van der Waals surface area contributed by atoms with E-state index in [1.807, 2.05) is 6.92 Å². The maximum atomic E-state index is 14.0. The number of carboxylic acid groups (broad SMARTS) is 1. The van der Waals surface area contributed by atoms with E-state index in [9.17, 15) is 18.8 Å². The molecule has 0 aromatic heterocycles. The Kier molecular flexibility index (Phi) is 5.73. The number of hydrogen-bond donors (Lipinski definition) is 3. The van der Waals surface area contributed by atoms with Crippen molar-refractivity contribution < 1.29 is 23.9 Å². The molecule has 24 heavy (non-hydrogen) atoms. The molecule has 0 radical (unpaired) electrons. The van der Waals surface area contributed by atoms with Gasteiger partial charge >= 0.3 is 12.0 Å². The van der Waals surface area contributed by atoms with Crippen LogP contribution in [0.5, 0.6) is 0 Å². The van der Waals surface area contributed by atoms with Crippen molar-refractivity contribution in [1.82, 2.24) is 10.6 Å². The lowest BCUT2D eigenvalue weighted by Crippen LogP contribution is -2.41. The molecule has 1 atom stereocenters. The molecule has 0 spiro atoms. The van der Waals surface area contributed by atoms with Crippen LogP contribution in [0.25, 0.3) is 0 Å². The molecule has 1 fully saturated rings. The van der Waals surface area contributed by atoms with Crippen molar-refractivity contribution in [2.45, 2.75) is 32.2 Å². The van der Waals surface area contributed by atoms with Crippen LogP contribution < -0.4 is 15.5 Å². The zero-order valence-corrected chi connectivity index (χ0v) is 13.3. The lowest BCUT2D eigenvalue weighted by atomic mass is 10.1. The van der Waals surface area contributed by atoms with E-state index in [0.717, 1.165) is 12.5 Å². The van der Waals surface area contributed by atoms with Gasteiger partial charge in [-0.1, -0.05) is 19.8 Å². The number of amides is 3. The Hall–Kier alpha value is -2.64. The summed E-state index contributed by atoms with van der Waals surface area (Å²) in [6.07, 6.45) is 1.69. The first-order valence-electron chi connectivity index (χ1n) is 7.82. The van der Waals surface area contributed by atoms with Crippen LogP contribution in [0.2, 0.25) is 0 Å². The average Bonchev–Trinajstić information content (AvgIpc) is 2.97. The van der Waals surface area contributed by atoms with Gasteiger partial charge in [0.1, 0.15) is 11.9 Å². The lowest BCUT2D eigenvalue weighted by Gasteiger charge is -2.17. The molecule has 1 unspecified atom stereocenters. The average molecular weight is 337 g/mol. The molecule has 1 aromatic rings. The smallest absolute Gasteiger partial charge is 0.326 e. The highest BCUT2D eigenvalue weighted by Gasteiger charge is 2.25. The van der Waals surface area contributed by atoms with Crippen molar-refractivity contribution in [1.29, 1.82) is 0 Å². The number of hydrogen-bond acceptors (Lipinski definition) is 3. The molecule has 0 saturated carbocycles. The summed E-state index contributed by atoms with van der Waals surface area (Å²) in [4.78, 5) is 36.5. The second kappa shape index (κ2) is 7.76. The van der Waals surface area contributed by atoms with E-state index < -0.39 is 23.7 Å². The Morgan fingerprint density at radius 3 is 2.79 bits per heavy atom. The first-order chi connectivity index (χ1) is 11.4. The van der Waals surface area contributed by atoms with Crippen LogP contribution in [0.15, 0.2) is 18.2 Å². The van der Waals surface area contributed by atoms with Crippen molar-refractivity contribution in [2.24, 2.45) is 0 Å². The summed E-state index contributed by atoms with van der Waals surface area (Å²) >= 11 is 0. The number of unbranched alkanes of at least 4 members (excludes halogenated alkanes) is 1. The molecule has 8 heteroatoms. The Morgan fingerprint density at radius 2 is 2.21 bits per heavy atom. The zero-order valence-electron chi connectivity index (χ0n) is 13.3. The summed E-state index contributed by atoms with van der Waals surface area (Å²) in [5.74, 6) is -2.74. The van der Waals surface area contributed by atoms with Crippen molar-refractivity contribution in [3.05, 3.63) is 29.6 Å². The molecule has 1 aliphatic rings. The number of benzene rings is 1. The molecule has 1 saturated heterocycles. The molecule has 1 aromatic carbocycles. The van der Waals surface area contributed by atoms with Crippen LogP contribution >= 0.6 is 0 Å². The maximum Gasteiger partial charge on any atom is 0.326 e. The molecule has 1 aliphatic heterocycles. The molecule has 2 rings (SSSR count). The number of halogens is 1. The molecule has 7 nitrogen and oxygen atoms in total. The van der Waals surface area contributed by atoms with E-state index in [2.05, 4.69) is 10.6 Å². The van der Waals surface area contributed by atoms with E-state index >= 15 is 0 Å².